The summed E-state index contributed by atoms with van der Waals surface area (Å²) in [6.45, 7) is 1.86. The van der Waals surface area contributed by atoms with Gasteiger partial charge in [-0.3, -0.25) is 0 Å². The first-order valence-corrected chi connectivity index (χ1v) is 5.47. The maximum absolute atomic E-state index is 11.2. The maximum Gasteiger partial charge on any atom is 0.336 e. The third kappa shape index (κ3) is 2.09. The van der Waals surface area contributed by atoms with Gasteiger partial charge < -0.3 is 5.11 Å². The second kappa shape index (κ2) is 4.72. The van der Waals surface area contributed by atoms with Crippen molar-refractivity contribution in [2.45, 2.75) is 6.92 Å². The van der Waals surface area contributed by atoms with Gasteiger partial charge in [0.2, 0.25) is 0 Å². The average molecular weight is 237 g/mol. The normalized spacial score (nSPS) is 9.78. The molecule has 0 fully saturated rings. The van der Waals surface area contributed by atoms with Crippen LogP contribution in [0.25, 0.3) is 11.1 Å². The molecule has 2 aromatic carbocycles. The standard InChI is InChI=1S/C15H11NO2/c1-10-4-2-7-13(15(17)18)14(10)12-6-3-5-11(8-12)9-16/h2-8H,1H3,(H,17,18). The maximum atomic E-state index is 11.2. The molecule has 0 aliphatic heterocycles. The summed E-state index contributed by atoms with van der Waals surface area (Å²) in [6, 6.07) is 14.2. The van der Waals surface area contributed by atoms with Gasteiger partial charge >= 0.3 is 5.97 Å². The summed E-state index contributed by atoms with van der Waals surface area (Å²) in [7, 11) is 0. The van der Waals surface area contributed by atoms with Gasteiger partial charge in [0.1, 0.15) is 0 Å². The minimum atomic E-state index is -0.962. The van der Waals surface area contributed by atoms with Crippen LogP contribution in [0.2, 0.25) is 0 Å². The number of carboxylic acids is 1. The fourth-order valence-electron chi connectivity index (χ4n) is 1.97. The van der Waals surface area contributed by atoms with Crippen LogP contribution in [0.3, 0.4) is 0 Å². The Morgan fingerprint density at radius 2 is 1.94 bits per heavy atom. The zero-order valence-electron chi connectivity index (χ0n) is 9.84. The van der Waals surface area contributed by atoms with E-state index in [1.54, 1.807) is 30.3 Å². The fourth-order valence-corrected chi connectivity index (χ4v) is 1.97. The van der Waals surface area contributed by atoms with Crippen molar-refractivity contribution in [2.24, 2.45) is 0 Å². The molecule has 0 amide bonds. The zero-order chi connectivity index (χ0) is 13.1. The Bertz CT molecular complexity index is 654. The Morgan fingerprint density at radius 1 is 1.22 bits per heavy atom. The Balaban J connectivity index is 2.70. The lowest BCUT2D eigenvalue weighted by atomic mass is 9.94. The average Bonchev–Trinajstić information content (AvgIpc) is 2.38. The van der Waals surface area contributed by atoms with Crippen LogP contribution in [-0.2, 0) is 0 Å². The molecule has 88 valence electrons. The van der Waals surface area contributed by atoms with Gasteiger partial charge in [0.05, 0.1) is 17.2 Å². The van der Waals surface area contributed by atoms with E-state index < -0.39 is 5.97 Å². The molecule has 2 aromatic rings. The third-order valence-corrected chi connectivity index (χ3v) is 2.78. The van der Waals surface area contributed by atoms with Crippen molar-refractivity contribution in [3.05, 3.63) is 59.2 Å². The van der Waals surface area contributed by atoms with E-state index in [-0.39, 0.29) is 5.56 Å². The van der Waals surface area contributed by atoms with Gasteiger partial charge in [-0.2, -0.15) is 5.26 Å². The second-order valence-corrected chi connectivity index (χ2v) is 4.00. The van der Waals surface area contributed by atoms with Gasteiger partial charge in [-0.05, 0) is 41.8 Å². The van der Waals surface area contributed by atoms with E-state index in [1.807, 2.05) is 19.1 Å². The number of rotatable bonds is 2. The van der Waals surface area contributed by atoms with Crippen LogP contribution in [-0.4, -0.2) is 11.1 Å². The lowest BCUT2D eigenvalue weighted by Crippen LogP contribution is -2.01. The molecule has 18 heavy (non-hydrogen) atoms. The molecule has 0 atom stereocenters. The quantitative estimate of drug-likeness (QED) is 0.872. The number of aryl methyl sites for hydroxylation is 1. The molecule has 3 nitrogen and oxygen atoms in total. The number of nitriles is 1. The molecule has 0 spiro atoms. The van der Waals surface area contributed by atoms with Crippen molar-refractivity contribution in [3.8, 4) is 17.2 Å². The van der Waals surface area contributed by atoms with Crippen LogP contribution in [0, 0.1) is 18.3 Å². The fraction of sp³-hybridized carbons (Fsp3) is 0.0667. The van der Waals surface area contributed by atoms with Crippen LogP contribution in [0.5, 0.6) is 0 Å². The molecule has 0 aliphatic rings. The summed E-state index contributed by atoms with van der Waals surface area (Å²) in [6.07, 6.45) is 0. The van der Waals surface area contributed by atoms with Crippen molar-refractivity contribution >= 4 is 5.97 Å². The van der Waals surface area contributed by atoms with Gasteiger partial charge in [0.15, 0.2) is 0 Å². The number of carboxylic acid groups (broad SMARTS) is 1. The highest BCUT2D eigenvalue weighted by atomic mass is 16.4. The molecule has 2 rings (SSSR count). The minimum absolute atomic E-state index is 0.255. The van der Waals surface area contributed by atoms with Gasteiger partial charge in [-0.1, -0.05) is 24.3 Å². The Kier molecular flexibility index (Phi) is 3.11. The van der Waals surface area contributed by atoms with Crippen molar-refractivity contribution in [2.75, 3.05) is 0 Å². The Hall–Kier alpha value is -2.60. The van der Waals surface area contributed by atoms with Crippen LogP contribution < -0.4 is 0 Å². The van der Waals surface area contributed by atoms with Crippen molar-refractivity contribution in [3.63, 3.8) is 0 Å². The molecule has 0 bridgehead atoms. The summed E-state index contributed by atoms with van der Waals surface area (Å²) >= 11 is 0. The highest BCUT2D eigenvalue weighted by Gasteiger charge is 2.13. The van der Waals surface area contributed by atoms with Crippen molar-refractivity contribution < 1.29 is 9.90 Å². The number of benzene rings is 2. The van der Waals surface area contributed by atoms with Crippen LogP contribution >= 0.6 is 0 Å². The number of aromatic carboxylic acids is 1. The lowest BCUT2D eigenvalue weighted by molar-refractivity contribution is 0.0697. The summed E-state index contributed by atoms with van der Waals surface area (Å²) < 4.78 is 0. The van der Waals surface area contributed by atoms with E-state index in [9.17, 15) is 9.90 Å². The predicted molar refractivity (Wildman–Crippen MR) is 68.3 cm³/mol. The number of hydrogen-bond donors (Lipinski definition) is 1. The monoisotopic (exact) mass is 237 g/mol. The first-order valence-electron chi connectivity index (χ1n) is 5.47. The number of carbonyl (C=O) groups is 1. The largest absolute Gasteiger partial charge is 0.478 e. The second-order valence-electron chi connectivity index (χ2n) is 4.00. The van der Waals surface area contributed by atoms with Gasteiger partial charge in [0.25, 0.3) is 0 Å². The highest BCUT2D eigenvalue weighted by molar-refractivity contribution is 5.97. The molecule has 0 radical (unpaired) electrons. The first kappa shape index (κ1) is 11.9. The van der Waals surface area contributed by atoms with Gasteiger partial charge in [-0.15, -0.1) is 0 Å². The van der Waals surface area contributed by atoms with Crippen molar-refractivity contribution in [1.82, 2.24) is 0 Å². The number of hydrogen-bond acceptors (Lipinski definition) is 2. The van der Waals surface area contributed by atoms with E-state index in [4.69, 9.17) is 5.26 Å². The smallest absolute Gasteiger partial charge is 0.336 e. The molecule has 0 aliphatic carbocycles. The van der Waals surface area contributed by atoms with Gasteiger partial charge in [0, 0.05) is 0 Å². The molecular formula is C15H11NO2. The molecule has 0 aromatic heterocycles. The first-order chi connectivity index (χ1) is 8.63. The van der Waals surface area contributed by atoms with Gasteiger partial charge in [-0.25, -0.2) is 4.79 Å². The molecule has 0 saturated heterocycles. The van der Waals surface area contributed by atoms with E-state index in [1.165, 1.54) is 0 Å². The molecule has 0 unspecified atom stereocenters. The summed E-state index contributed by atoms with van der Waals surface area (Å²) in [4.78, 5) is 11.2. The summed E-state index contributed by atoms with van der Waals surface area (Å²) in [5, 5.41) is 18.1. The zero-order valence-corrected chi connectivity index (χ0v) is 9.84. The SMILES string of the molecule is Cc1cccc(C(=O)O)c1-c1cccc(C#N)c1. The number of nitrogens with zero attached hydrogens (tertiary/aromatic N) is 1. The highest BCUT2D eigenvalue weighted by Crippen LogP contribution is 2.28. The van der Waals surface area contributed by atoms with Crippen LogP contribution in [0.15, 0.2) is 42.5 Å². The van der Waals surface area contributed by atoms with E-state index in [0.717, 1.165) is 11.1 Å². The molecule has 1 N–H and O–H groups in total. The molecule has 3 heteroatoms. The third-order valence-electron chi connectivity index (χ3n) is 2.78. The lowest BCUT2D eigenvalue weighted by Gasteiger charge is -2.10. The summed E-state index contributed by atoms with van der Waals surface area (Å²) in [5.41, 5.74) is 3.08. The molecule has 0 heterocycles. The molecular weight excluding hydrogens is 226 g/mol. The Morgan fingerprint density at radius 3 is 2.61 bits per heavy atom. The molecule has 0 saturated carbocycles. The van der Waals surface area contributed by atoms with E-state index in [2.05, 4.69) is 6.07 Å². The minimum Gasteiger partial charge on any atom is -0.478 e. The van der Waals surface area contributed by atoms with Crippen molar-refractivity contribution in [1.29, 1.82) is 5.26 Å². The summed E-state index contributed by atoms with van der Waals surface area (Å²) in [5.74, 6) is -0.962. The predicted octanol–water partition coefficient (Wildman–Crippen LogP) is 3.23. The van der Waals surface area contributed by atoms with Crippen LogP contribution in [0.1, 0.15) is 21.5 Å². The van der Waals surface area contributed by atoms with E-state index in [0.29, 0.717) is 11.1 Å². The van der Waals surface area contributed by atoms with Crippen LogP contribution in [0.4, 0.5) is 0 Å². The van der Waals surface area contributed by atoms with E-state index >= 15 is 0 Å². The topological polar surface area (TPSA) is 61.1 Å². The Labute approximate surface area is 105 Å².